The van der Waals surface area contributed by atoms with Crippen LogP contribution in [0.1, 0.15) is 24.2 Å². The number of carbonyl (C=O) groups is 1. The number of aliphatic hydroxyl groups is 1. The lowest BCUT2D eigenvalue weighted by atomic mass is 10.1. The van der Waals surface area contributed by atoms with Gasteiger partial charge in [0.1, 0.15) is 5.56 Å². The van der Waals surface area contributed by atoms with Crippen LogP contribution < -0.4 is 5.32 Å². The Morgan fingerprint density at radius 2 is 2.25 bits per heavy atom. The zero-order valence-electron chi connectivity index (χ0n) is 8.99. The lowest BCUT2D eigenvalue weighted by Gasteiger charge is -2.18. The molecular formula is C10H13FN2O3. The molecule has 0 aliphatic rings. The topological polar surface area (TPSA) is 82.5 Å². The van der Waals surface area contributed by atoms with Crippen molar-refractivity contribution >= 4 is 11.8 Å². The number of pyridine rings is 1. The lowest BCUT2D eigenvalue weighted by molar-refractivity contribution is 0.0692. The smallest absolute Gasteiger partial charge is 0.338 e. The van der Waals surface area contributed by atoms with Gasteiger partial charge in [-0.3, -0.25) is 0 Å². The molecule has 3 N–H and O–H groups in total. The summed E-state index contributed by atoms with van der Waals surface area (Å²) in [6, 6.07) is 1.08. The van der Waals surface area contributed by atoms with Gasteiger partial charge in [0, 0.05) is 12.7 Å². The van der Waals surface area contributed by atoms with Gasteiger partial charge in [0.15, 0.2) is 11.6 Å². The van der Waals surface area contributed by atoms with E-state index in [1.54, 1.807) is 13.8 Å². The van der Waals surface area contributed by atoms with Crippen LogP contribution in [-0.4, -0.2) is 33.3 Å². The molecule has 0 fully saturated rings. The summed E-state index contributed by atoms with van der Waals surface area (Å²) < 4.78 is 13.5. The Balaban J connectivity index is 2.90. The van der Waals surface area contributed by atoms with Crippen LogP contribution in [0.15, 0.2) is 12.3 Å². The zero-order chi connectivity index (χ0) is 12.3. The van der Waals surface area contributed by atoms with Crippen LogP contribution in [0.3, 0.4) is 0 Å². The van der Waals surface area contributed by atoms with Gasteiger partial charge in [-0.2, -0.15) is 0 Å². The molecule has 0 aromatic carbocycles. The van der Waals surface area contributed by atoms with E-state index in [4.69, 9.17) is 5.11 Å². The highest BCUT2D eigenvalue weighted by Gasteiger charge is 2.17. The molecule has 0 atom stereocenters. The molecule has 1 aromatic rings. The molecule has 0 radical (unpaired) electrons. The summed E-state index contributed by atoms with van der Waals surface area (Å²) in [5.74, 6) is -2.47. The first-order valence-corrected chi connectivity index (χ1v) is 4.65. The number of nitrogens with zero attached hydrogens (tertiary/aromatic N) is 1. The number of aromatic carboxylic acids is 1. The maximum atomic E-state index is 13.5. The summed E-state index contributed by atoms with van der Waals surface area (Å²) in [4.78, 5) is 14.3. The number of hydrogen-bond donors (Lipinski definition) is 3. The molecule has 16 heavy (non-hydrogen) atoms. The van der Waals surface area contributed by atoms with E-state index in [9.17, 15) is 14.3 Å². The number of hydrogen-bond acceptors (Lipinski definition) is 4. The van der Waals surface area contributed by atoms with Gasteiger partial charge < -0.3 is 15.5 Å². The van der Waals surface area contributed by atoms with Crippen molar-refractivity contribution in [3.05, 3.63) is 23.6 Å². The van der Waals surface area contributed by atoms with E-state index in [0.29, 0.717) is 0 Å². The largest absolute Gasteiger partial charge is 0.478 e. The maximum absolute atomic E-state index is 13.5. The summed E-state index contributed by atoms with van der Waals surface area (Å²) in [5, 5.41) is 20.6. The summed E-state index contributed by atoms with van der Waals surface area (Å²) in [6.07, 6.45) is 1.19. The number of rotatable bonds is 4. The predicted molar refractivity (Wildman–Crippen MR) is 55.9 cm³/mol. The highest BCUT2D eigenvalue weighted by atomic mass is 19.1. The van der Waals surface area contributed by atoms with Crippen molar-refractivity contribution in [3.63, 3.8) is 0 Å². The van der Waals surface area contributed by atoms with Crippen molar-refractivity contribution < 1.29 is 19.4 Å². The van der Waals surface area contributed by atoms with Gasteiger partial charge in [-0.15, -0.1) is 0 Å². The van der Waals surface area contributed by atoms with Gasteiger partial charge in [-0.05, 0) is 19.9 Å². The molecule has 1 rings (SSSR count). The molecule has 6 heteroatoms. The van der Waals surface area contributed by atoms with Crippen molar-refractivity contribution in [1.29, 1.82) is 0 Å². The van der Waals surface area contributed by atoms with E-state index in [0.717, 1.165) is 6.07 Å². The van der Waals surface area contributed by atoms with Crippen molar-refractivity contribution in [1.82, 2.24) is 4.98 Å². The van der Waals surface area contributed by atoms with Crippen LogP contribution in [0.4, 0.5) is 10.2 Å². The van der Waals surface area contributed by atoms with Gasteiger partial charge in [0.25, 0.3) is 0 Å². The summed E-state index contributed by atoms with van der Waals surface area (Å²) in [5.41, 5.74) is -1.49. The number of aromatic nitrogens is 1. The molecule has 88 valence electrons. The Labute approximate surface area is 91.9 Å². The molecule has 0 saturated carbocycles. The van der Waals surface area contributed by atoms with Gasteiger partial charge in [-0.25, -0.2) is 14.2 Å². The number of nitrogens with one attached hydrogen (secondary N) is 1. The molecule has 1 heterocycles. The highest BCUT2D eigenvalue weighted by molar-refractivity contribution is 5.88. The average Bonchev–Trinajstić information content (AvgIpc) is 2.14. The Bertz CT molecular complexity index is 402. The fourth-order valence-electron chi connectivity index (χ4n) is 1.03. The Kier molecular flexibility index (Phi) is 3.44. The second-order valence-electron chi connectivity index (χ2n) is 3.99. The van der Waals surface area contributed by atoms with Crippen LogP contribution in [0.25, 0.3) is 0 Å². The zero-order valence-corrected chi connectivity index (χ0v) is 8.99. The first-order valence-electron chi connectivity index (χ1n) is 4.65. The van der Waals surface area contributed by atoms with Gasteiger partial charge >= 0.3 is 5.97 Å². The molecule has 0 bridgehead atoms. The van der Waals surface area contributed by atoms with Crippen LogP contribution in [0.2, 0.25) is 0 Å². The standard InChI is InChI=1S/C10H13FN2O3/c1-10(2,16)5-13-8-7(11)6(9(14)15)3-4-12-8/h3-4,16H,5H2,1-2H3,(H,12,13)(H,14,15). The Morgan fingerprint density at radius 1 is 1.62 bits per heavy atom. The van der Waals surface area contributed by atoms with Crippen molar-refractivity contribution in [2.75, 3.05) is 11.9 Å². The van der Waals surface area contributed by atoms with Gasteiger partial charge in [-0.1, -0.05) is 0 Å². The van der Waals surface area contributed by atoms with Crippen LogP contribution >= 0.6 is 0 Å². The molecule has 5 nitrogen and oxygen atoms in total. The lowest BCUT2D eigenvalue weighted by Crippen LogP contribution is -2.30. The molecule has 0 spiro atoms. The maximum Gasteiger partial charge on any atom is 0.338 e. The Hall–Kier alpha value is -1.69. The van der Waals surface area contributed by atoms with E-state index < -0.39 is 23.0 Å². The fourth-order valence-corrected chi connectivity index (χ4v) is 1.03. The third kappa shape index (κ3) is 3.16. The first-order chi connectivity index (χ1) is 7.31. The molecule has 0 aliphatic carbocycles. The quantitative estimate of drug-likeness (QED) is 0.718. The monoisotopic (exact) mass is 228 g/mol. The van der Waals surface area contributed by atoms with Crippen molar-refractivity contribution in [2.45, 2.75) is 19.4 Å². The first kappa shape index (κ1) is 12.4. The molecular weight excluding hydrogens is 215 g/mol. The Morgan fingerprint density at radius 3 is 2.75 bits per heavy atom. The van der Waals surface area contributed by atoms with E-state index in [1.165, 1.54) is 6.20 Å². The van der Waals surface area contributed by atoms with Gasteiger partial charge in [0.05, 0.1) is 5.60 Å². The van der Waals surface area contributed by atoms with Crippen LogP contribution in [-0.2, 0) is 0 Å². The number of carboxylic acid groups (broad SMARTS) is 1. The summed E-state index contributed by atoms with van der Waals surface area (Å²) >= 11 is 0. The summed E-state index contributed by atoms with van der Waals surface area (Å²) in [6.45, 7) is 3.15. The minimum Gasteiger partial charge on any atom is -0.478 e. The number of halogens is 1. The normalized spacial score (nSPS) is 11.2. The fraction of sp³-hybridized carbons (Fsp3) is 0.400. The molecule has 0 amide bonds. The average molecular weight is 228 g/mol. The number of anilines is 1. The van der Waals surface area contributed by atoms with Gasteiger partial charge in [0.2, 0.25) is 0 Å². The highest BCUT2D eigenvalue weighted by Crippen LogP contribution is 2.15. The van der Waals surface area contributed by atoms with E-state index >= 15 is 0 Å². The van der Waals surface area contributed by atoms with Crippen LogP contribution in [0, 0.1) is 5.82 Å². The van der Waals surface area contributed by atoms with E-state index in [-0.39, 0.29) is 12.4 Å². The van der Waals surface area contributed by atoms with Crippen LogP contribution in [0.5, 0.6) is 0 Å². The minimum atomic E-state index is -1.36. The number of carboxylic acids is 1. The molecule has 0 unspecified atom stereocenters. The molecule has 0 aliphatic heterocycles. The predicted octanol–water partition coefficient (Wildman–Crippen LogP) is 1.10. The second-order valence-corrected chi connectivity index (χ2v) is 3.99. The molecule has 1 aromatic heterocycles. The third-order valence-corrected chi connectivity index (χ3v) is 1.81. The third-order valence-electron chi connectivity index (χ3n) is 1.81. The SMILES string of the molecule is CC(C)(O)CNc1nccc(C(=O)O)c1F. The van der Waals surface area contributed by atoms with Crippen molar-refractivity contribution in [3.8, 4) is 0 Å². The molecule has 0 saturated heterocycles. The van der Waals surface area contributed by atoms with Crippen molar-refractivity contribution in [2.24, 2.45) is 0 Å². The second kappa shape index (κ2) is 4.44. The van der Waals surface area contributed by atoms with E-state index in [2.05, 4.69) is 10.3 Å². The minimum absolute atomic E-state index is 0.0694. The summed E-state index contributed by atoms with van der Waals surface area (Å²) in [7, 11) is 0. The van der Waals surface area contributed by atoms with E-state index in [1.807, 2.05) is 0 Å².